The van der Waals surface area contributed by atoms with Crippen molar-refractivity contribution in [2.45, 2.75) is 13.0 Å². The first kappa shape index (κ1) is 24.5. The molecule has 0 atom stereocenters. The van der Waals surface area contributed by atoms with Crippen LogP contribution < -0.4 is 15.4 Å². The van der Waals surface area contributed by atoms with Gasteiger partial charge in [0.25, 0.3) is 5.91 Å². The fourth-order valence-corrected chi connectivity index (χ4v) is 4.34. The average Bonchev–Trinajstić information content (AvgIpc) is 3.23. The van der Waals surface area contributed by atoms with E-state index in [9.17, 15) is 9.59 Å². The molecule has 2 aromatic carbocycles. The lowest BCUT2D eigenvalue weighted by molar-refractivity contribution is -0.116. The summed E-state index contributed by atoms with van der Waals surface area (Å²) in [5.74, 6) is 0.230. The van der Waals surface area contributed by atoms with Gasteiger partial charge >= 0.3 is 0 Å². The Labute approximate surface area is 202 Å². The van der Waals surface area contributed by atoms with Crippen LogP contribution in [0.3, 0.4) is 0 Å². The number of anilines is 2. The van der Waals surface area contributed by atoms with Gasteiger partial charge in [-0.3, -0.25) is 14.5 Å². The fraction of sp³-hybridized carbons (Fsp3) is 0.200. The quantitative estimate of drug-likeness (QED) is 0.344. The summed E-state index contributed by atoms with van der Waals surface area (Å²) >= 11 is 7.54. The van der Waals surface area contributed by atoms with Gasteiger partial charge in [0.05, 0.1) is 17.1 Å². The number of benzene rings is 2. The summed E-state index contributed by atoms with van der Waals surface area (Å²) in [4.78, 5) is 28.2. The van der Waals surface area contributed by atoms with E-state index >= 15 is 0 Å². The summed E-state index contributed by atoms with van der Waals surface area (Å²) in [6, 6.07) is 17.8. The lowest BCUT2D eigenvalue weighted by Crippen LogP contribution is -2.27. The van der Waals surface area contributed by atoms with Crippen molar-refractivity contribution >= 4 is 46.1 Å². The highest BCUT2D eigenvalue weighted by Gasteiger charge is 2.12. The Morgan fingerprint density at radius 1 is 1.09 bits per heavy atom. The van der Waals surface area contributed by atoms with Crippen molar-refractivity contribution < 1.29 is 14.3 Å². The second-order valence-corrected chi connectivity index (χ2v) is 9.06. The number of halogens is 1. The molecule has 6 nitrogen and oxygen atoms in total. The van der Waals surface area contributed by atoms with Gasteiger partial charge in [-0.1, -0.05) is 29.8 Å². The Bertz CT molecular complexity index is 1100. The number of amides is 2. The second kappa shape index (κ2) is 12.2. The molecule has 0 fully saturated rings. The molecule has 0 unspecified atom stereocenters. The zero-order valence-corrected chi connectivity index (χ0v) is 19.9. The predicted octanol–water partition coefficient (Wildman–Crippen LogP) is 5.68. The molecule has 0 aliphatic rings. The minimum Gasteiger partial charge on any atom is -0.495 e. The fourth-order valence-electron chi connectivity index (χ4n) is 3.21. The maximum atomic E-state index is 12.5. The highest BCUT2D eigenvalue weighted by atomic mass is 35.5. The molecule has 0 radical (unpaired) electrons. The van der Waals surface area contributed by atoms with E-state index in [4.69, 9.17) is 16.3 Å². The SMILES string of the molecule is C=CCN(CCC(=O)Nc1ccc(C(=O)Nc2ccccc2OC)cc1)Cc1ccc(Cl)s1. The van der Waals surface area contributed by atoms with Crippen LogP contribution >= 0.6 is 22.9 Å². The van der Waals surface area contributed by atoms with E-state index in [1.54, 1.807) is 43.5 Å². The zero-order chi connectivity index (χ0) is 23.6. The average molecular weight is 484 g/mol. The molecule has 0 spiro atoms. The van der Waals surface area contributed by atoms with Gasteiger partial charge in [-0.2, -0.15) is 0 Å². The third-order valence-electron chi connectivity index (χ3n) is 4.84. The van der Waals surface area contributed by atoms with E-state index in [-0.39, 0.29) is 11.8 Å². The number of carbonyl (C=O) groups excluding carboxylic acids is 2. The van der Waals surface area contributed by atoms with Crippen LogP contribution in [0.1, 0.15) is 21.7 Å². The highest BCUT2D eigenvalue weighted by Crippen LogP contribution is 2.24. The van der Waals surface area contributed by atoms with E-state index in [1.165, 1.54) is 11.3 Å². The molecule has 33 heavy (non-hydrogen) atoms. The molecule has 2 N–H and O–H groups in total. The summed E-state index contributed by atoms with van der Waals surface area (Å²) in [5.41, 5.74) is 1.70. The van der Waals surface area contributed by atoms with E-state index in [2.05, 4.69) is 22.1 Å². The molecule has 1 aromatic heterocycles. The van der Waals surface area contributed by atoms with Gasteiger partial charge in [0.15, 0.2) is 0 Å². The lowest BCUT2D eigenvalue weighted by atomic mass is 10.2. The van der Waals surface area contributed by atoms with Crippen LogP contribution in [0.15, 0.2) is 73.3 Å². The maximum absolute atomic E-state index is 12.5. The topological polar surface area (TPSA) is 70.7 Å². The maximum Gasteiger partial charge on any atom is 0.255 e. The Hall–Kier alpha value is -3.13. The predicted molar refractivity (Wildman–Crippen MR) is 135 cm³/mol. The highest BCUT2D eigenvalue weighted by molar-refractivity contribution is 7.16. The number of ether oxygens (including phenoxy) is 1. The van der Waals surface area contributed by atoms with Crippen molar-refractivity contribution in [2.24, 2.45) is 0 Å². The summed E-state index contributed by atoms with van der Waals surface area (Å²) in [6.45, 7) is 5.78. The number of nitrogens with one attached hydrogen (secondary N) is 2. The summed E-state index contributed by atoms with van der Waals surface area (Å²) in [5, 5.41) is 5.71. The van der Waals surface area contributed by atoms with Gasteiger partial charge in [0.1, 0.15) is 5.75 Å². The van der Waals surface area contributed by atoms with Crippen molar-refractivity contribution in [1.82, 2.24) is 4.90 Å². The minimum absolute atomic E-state index is 0.0977. The molecule has 2 amide bonds. The van der Waals surface area contributed by atoms with Crippen LogP contribution in [0.5, 0.6) is 5.75 Å². The van der Waals surface area contributed by atoms with Gasteiger partial charge in [0.2, 0.25) is 5.91 Å². The molecule has 3 rings (SSSR count). The van der Waals surface area contributed by atoms with E-state index in [1.807, 2.05) is 30.3 Å². The number of hydrogen-bond donors (Lipinski definition) is 2. The molecular weight excluding hydrogens is 458 g/mol. The van der Waals surface area contributed by atoms with E-state index < -0.39 is 0 Å². The number of thiophene rings is 1. The zero-order valence-electron chi connectivity index (χ0n) is 18.3. The first-order chi connectivity index (χ1) is 16.0. The number of rotatable bonds is 11. The Morgan fingerprint density at radius 3 is 2.52 bits per heavy atom. The summed E-state index contributed by atoms with van der Waals surface area (Å²) in [7, 11) is 1.55. The molecule has 0 saturated carbocycles. The first-order valence-electron chi connectivity index (χ1n) is 10.4. The van der Waals surface area contributed by atoms with Gasteiger partial charge in [-0.15, -0.1) is 17.9 Å². The number of hydrogen-bond acceptors (Lipinski definition) is 5. The number of carbonyl (C=O) groups is 2. The van der Waals surface area contributed by atoms with Crippen molar-refractivity contribution in [3.63, 3.8) is 0 Å². The van der Waals surface area contributed by atoms with E-state index in [0.717, 1.165) is 9.21 Å². The Balaban J connectivity index is 1.51. The largest absolute Gasteiger partial charge is 0.495 e. The number of nitrogens with zero attached hydrogens (tertiary/aromatic N) is 1. The van der Waals surface area contributed by atoms with Crippen LogP contribution in [0, 0.1) is 0 Å². The molecule has 0 aliphatic heterocycles. The van der Waals surface area contributed by atoms with Crippen molar-refractivity contribution in [1.29, 1.82) is 0 Å². The molecule has 3 aromatic rings. The van der Waals surface area contributed by atoms with Crippen LogP contribution in [0.2, 0.25) is 4.34 Å². The molecule has 1 heterocycles. The lowest BCUT2D eigenvalue weighted by Gasteiger charge is -2.19. The third-order valence-corrected chi connectivity index (χ3v) is 6.05. The summed E-state index contributed by atoms with van der Waals surface area (Å²) < 4.78 is 6.01. The van der Waals surface area contributed by atoms with Gasteiger partial charge in [0, 0.05) is 42.2 Å². The molecular formula is C25H26ClN3O3S. The smallest absolute Gasteiger partial charge is 0.255 e. The molecule has 0 saturated heterocycles. The standard InChI is InChI=1S/C25H26ClN3O3S/c1-3-15-29(17-20-12-13-23(26)33-20)16-14-24(30)27-19-10-8-18(9-11-19)25(31)28-21-6-4-5-7-22(21)32-2/h3-13H,1,14-17H2,2H3,(H,27,30)(H,28,31). The van der Waals surface area contributed by atoms with Crippen LogP contribution in [0.4, 0.5) is 11.4 Å². The van der Waals surface area contributed by atoms with Crippen molar-refractivity contribution in [3.8, 4) is 5.75 Å². The Kier molecular flexibility index (Phi) is 9.06. The Morgan fingerprint density at radius 2 is 1.85 bits per heavy atom. The van der Waals surface area contributed by atoms with Gasteiger partial charge < -0.3 is 15.4 Å². The monoisotopic (exact) mass is 483 g/mol. The van der Waals surface area contributed by atoms with Crippen molar-refractivity contribution in [3.05, 3.63) is 88.1 Å². The van der Waals surface area contributed by atoms with Crippen LogP contribution in [-0.2, 0) is 11.3 Å². The molecule has 172 valence electrons. The first-order valence-corrected chi connectivity index (χ1v) is 11.6. The van der Waals surface area contributed by atoms with Gasteiger partial charge in [-0.25, -0.2) is 0 Å². The van der Waals surface area contributed by atoms with Gasteiger partial charge in [-0.05, 0) is 48.5 Å². The normalized spacial score (nSPS) is 10.6. The summed E-state index contributed by atoms with van der Waals surface area (Å²) in [6.07, 6.45) is 2.16. The van der Waals surface area contributed by atoms with Crippen LogP contribution in [0.25, 0.3) is 0 Å². The van der Waals surface area contributed by atoms with E-state index in [0.29, 0.717) is 48.7 Å². The number of methoxy groups -OCH3 is 1. The molecule has 0 aliphatic carbocycles. The second-order valence-electron chi connectivity index (χ2n) is 7.26. The molecule has 8 heteroatoms. The number of para-hydroxylation sites is 2. The molecule has 0 bridgehead atoms. The van der Waals surface area contributed by atoms with Crippen molar-refractivity contribution in [2.75, 3.05) is 30.8 Å². The third kappa shape index (κ3) is 7.46. The van der Waals surface area contributed by atoms with Crippen LogP contribution in [-0.4, -0.2) is 36.9 Å². The minimum atomic E-state index is -0.258.